The normalized spacial score (nSPS) is 12.8. The summed E-state index contributed by atoms with van der Waals surface area (Å²) in [6, 6.07) is -0.186. The number of carbonyl (C=O) groups is 1. The van der Waals surface area contributed by atoms with E-state index in [1.54, 1.807) is 11.7 Å². The van der Waals surface area contributed by atoms with E-state index in [9.17, 15) is 4.79 Å². The zero-order chi connectivity index (χ0) is 8.97. The van der Waals surface area contributed by atoms with Crippen molar-refractivity contribution in [3.8, 4) is 0 Å². The molecule has 0 fully saturated rings. The van der Waals surface area contributed by atoms with Crippen LogP contribution in [-0.2, 0) is 4.79 Å². The molecule has 0 radical (unpaired) electrons. The highest BCUT2D eigenvalue weighted by Gasteiger charge is 2.09. The van der Waals surface area contributed by atoms with Crippen molar-refractivity contribution in [2.75, 3.05) is 0 Å². The molecule has 3 N–H and O–H groups in total. The molecule has 12 heavy (non-hydrogen) atoms. The molecular weight excluding hydrogens is 176 g/mol. The molecule has 1 aromatic heterocycles. The highest BCUT2D eigenvalue weighted by molar-refractivity contribution is 7.09. The average molecular weight is 186 g/mol. The van der Waals surface area contributed by atoms with Gasteiger partial charge in [-0.05, 0) is 6.42 Å². The van der Waals surface area contributed by atoms with Gasteiger partial charge in [0, 0.05) is 23.5 Å². The number of rotatable bonds is 4. The second kappa shape index (κ2) is 4.18. The van der Waals surface area contributed by atoms with Gasteiger partial charge in [0.1, 0.15) is 0 Å². The van der Waals surface area contributed by atoms with Crippen molar-refractivity contribution >= 4 is 17.3 Å². The summed E-state index contributed by atoms with van der Waals surface area (Å²) in [7, 11) is 0. The van der Waals surface area contributed by atoms with Gasteiger partial charge in [-0.1, -0.05) is 0 Å². The van der Waals surface area contributed by atoms with E-state index >= 15 is 0 Å². The summed E-state index contributed by atoms with van der Waals surface area (Å²) in [5.74, 6) is -0.810. The summed E-state index contributed by atoms with van der Waals surface area (Å²) >= 11 is 1.45. The van der Waals surface area contributed by atoms with Crippen LogP contribution in [0, 0.1) is 0 Å². The van der Waals surface area contributed by atoms with Crippen molar-refractivity contribution in [3.63, 3.8) is 0 Å². The molecule has 0 aromatic carbocycles. The fourth-order valence-corrected chi connectivity index (χ4v) is 1.49. The molecule has 1 rings (SSSR count). The van der Waals surface area contributed by atoms with Gasteiger partial charge in [0.15, 0.2) is 0 Å². The number of carboxylic acid groups (broad SMARTS) is 1. The second-order valence-electron chi connectivity index (χ2n) is 2.44. The summed E-state index contributed by atoms with van der Waals surface area (Å²) in [5.41, 5.74) is 7.39. The van der Waals surface area contributed by atoms with E-state index in [2.05, 4.69) is 4.98 Å². The van der Waals surface area contributed by atoms with Crippen LogP contribution in [0.2, 0.25) is 0 Å². The van der Waals surface area contributed by atoms with Crippen LogP contribution >= 0.6 is 11.3 Å². The maximum absolute atomic E-state index is 10.2. The van der Waals surface area contributed by atoms with E-state index in [-0.39, 0.29) is 12.5 Å². The molecule has 0 spiro atoms. The first-order valence-corrected chi connectivity index (χ1v) is 4.44. The predicted octanol–water partition coefficient (Wildman–Crippen LogP) is 1.01. The van der Waals surface area contributed by atoms with Crippen LogP contribution in [0.5, 0.6) is 0 Å². The van der Waals surface area contributed by atoms with Crippen LogP contribution < -0.4 is 5.73 Å². The molecule has 1 atom stereocenters. The highest BCUT2D eigenvalue weighted by atomic mass is 32.1. The molecule has 5 heteroatoms. The minimum atomic E-state index is -0.810. The first-order chi connectivity index (χ1) is 5.70. The van der Waals surface area contributed by atoms with Gasteiger partial charge in [0.05, 0.1) is 5.51 Å². The Balaban J connectivity index is 2.39. The van der Waals surface area contributed by atoms with E-state index in [4.69, 9.17) is 10.8 Å². The molecule has 0 saturated heterocycles. The summed E-state index contributed by atoms with van der Waals surface area (Å²) in [6.45, 7) is 0. The van der Waals surface area contributed by atoms with Gasteiger partial charge >= 0.3 is 5.97 Å². The lowest BCUT2D eigenvalue weighted by Gasteiger charge is -2.05. The average Bonchev–Trinajstić information content (AvgIpc) is 2.51. The summed E-state index contributed by atoms with van der Waals surface area (Å²) in [5, 5.41) is 8.39. The third-order valence-electron chi connectivity index (χ3n) is 1.49. The van der Waals surface area contributed by atoms with E-state index in [0.29, 0.717) is 6.42 Å². The quantitative estimate of drug-likeness (QED) is 0.735. The summed E-state index contributed by atoms with van der Waals surface area (Å²) in [4.78, 5) is 15.0. The number of nitrogens with zero attached hydrogens (tertiary/aromatic N) is 1. The Labute approximate surface area is 74.0 Å². The molecule has 0 aliphatic rings. The lowest BCUT2D eigenvalue weighted by molar-refractivity contribution is -0.137. The van der Waals surface area contributed by atoms with Crippen LogP contribution in [0.25, 0.3) is 0 Å². The van der Waals surface area contributed by atoms with Crippen molar-refractivity contribution < 1.29 is 9.90 Å². The molecular formula is C7H10N2O2S. The fraction of sp³-hybridized carbons (Fsp3) is 0.429. The SMILES string of the molecule is NC(CCC(=O)O)c1cncs1. The first kappa shape index (κ1) is 9.15. The minimum Gasteiger partial charge on any atom is -0.481 e. The third kappa shape index (κ3) is 2.60. The molecule has 66 valence electrons. The van der Waals surface area contributed by atoms with Crippen molar-refractivity contribution in [2.24, 2.45) is 5.73 Å². The zero-order valence-corrected chi connectivity index (χ0v) is 7.25. The number of aliphatic carboxylic acids is 1. The molecule has 0 bridgehead atoms. The lowest BCUT2D eigenvalue weighted by atomic mass is 10.1. The molecule has 4 nitrogen and oxygen atoms in total. The van der Waals surface area contributed by atoms with Crippen molar-refractivity contribution in [3.05, 3.63) is 16.6 Å². The fourth-order valence-electron chi connectivity index (χ4n) is 0.830. The topological polar surface area (TPSA) is 76.2 Å². The number of carboxylic acids is 1. The van der Waals surface area contributed by atoms with Crippen LogP contribution in [0.1, 0.15) is 23.8 Å². The second-order valence-corrected chi connectivity index (χ2v) is 3.36. The third-order valence-corrected chi connectivity index (χ3v) is 2.39. The van der Waals surface area contributed by atoms with Gasteiger partial charge in [-0.25, -0.2) is 0 Å². The Bertz CT molecular complexity index is 248. The summed E-state index contributed by atoms with van der Waals surface area (Å²) < 4.78 is 0. The molecule has 1 heterocycles. The minimum absolute atomic E-state index is 0.110. The van der Waals surface area contributed by atoms with Crippen molar-refractivity contribution in [1.82, 2.24) is 4.98 Å². The zero-order valence-electron chi connectivity index (χ0n) is 6.43. The van der Waals surface area contributed by atoms with Gasteiger partial charge in [-0.2, -0.15) is 0 Å². The number of thiazole rings is 1. The Morgan fingerprint density at radius 1 is 1.83 bits per heavy atom. The lowest BCUT2D eigenvalue weighted by Crippen LogP contribution is -2.10. The number of nitrogens with two attached hydrogens (primary N) is 1. The maximum Gasteiger partial charge on any atom is 0.303 e. The van der Waals surface area contributed by atoms with E-state index < -0.39 is 5.97 Å². The maximum atomic E-state index is 10.2. The van der Waals surface area contributed by atoms with Crippen LogP contribution in [0.3, 0.4) is 0 Å². The monoisotopic (exact) mass is 186 g/mol. The van der Waals surface area contributed by atoms with Gasteiger partial charge in [-0.3, -0.25) is 9.78 Å². The molecule has 1 unspecified atom stereocenters. The van der Waals surface area contributed by atoms with E-state index in [0.717, 1.165) is 4.88 Å². The van der Waals surface area contributed by atoms with Crippen LogP contribution in [-0.4, -0.2) is 16.1 Å². The van der Waals surface area contributed by atoms with Crippen LogP contribution in [0.4, 0.5) is 0 Å². The van der Waals surface area contributed by atoms with Gasteiger partial charge < -0.3 is 10.8 Å². The number of aromatic nitrogens is 1. The number of hydrogen-bond donors (Lipinski definition) is 2. The Morgan fingerprint density at radius 3 is 3.08 bits per heavy atom. The molecule has 0 aliphatic heterocycles. The van der Waals surface area contributed by atoms with Crippen molar-refractivity contribution in [1.29, 1.82) is 0 Å². The Hall–Kier alpha value is -0.940. The van der Waals surface area contributed by atoms with Gasteiger partial charge in [0.2, 0.25) is 0 Å². The van der Waals surface area contributed by atoms with E-state index in [1.165, 1.54) is 11.3 Å². The number of hydrogen-bond acceptors (Lipinski definition) is 4. The molecule has 0 aliphatic carbocycles. The van der Waals surface area contributed by atoms with E-state index in [1.807, 2.05) is 0 Å². The highest BCUT2D eigenvalue weighted by Crippen LogP contribution is 2.18. The molecule has 0 amide bonds. The Morgan fingerprint density at radius 2 is 2.58 bits per heavy atom. The molecule has 1 aromatic rings. The Kier molecular flexibility index (Phi) is 3.19. The van der Waals surface area contributed by atoms with Gasteiger partial charge in [-0.15, -0.1) is 11.3 Å². The molecule has 0 saturated carbocycles. The first-order valence-electron chi connectivity index (χ1n) is 3.56. The summed E-state index contributed by atoms with van der Waals surface area (Å²) in [6.07, 6.45) is 2.26. The van der Waals surface area contributed by atoms with Gasteiger partial charge in [0.25, 0.3) is 0 Å². The van der Waals surface area contributed by atoms with Crippen LogP contribution in [0.15, 0.2) is 11.7 Å². The smallest absolute Gasteiger partial charge is 0.303 e. The van der Waals surface area contributed by atoms with Crippen molar-refractivity contribution in [2.45, 2.75) is 18.9 Å². The predicted molar refractivity (Wildman–Crippen MR) is 45.9 cm³/mol. The standard InChI is InChI=1S/C7H10N2O2S/c8-5(1-2-7(10)11)6-3-9-4-12-6/h3-5H,1-2,8H2,(H,10,11). The largest absolute Gasteiger partial charge is 0.481 e.